The summed E-state index contributed by atoms with van der Waals surface area (Å²) in [5.41, 5.74) is 3.08. The minimum atomic E-state index is -4.39. The fourth-order valence-corrected chi connectivity index (χ4v) is 2.55. The Balaban J connectivity index is 0.00000264. The molecule has 0 aliphatic carbocycles. The number of hydrazone groups is 1. The number of alkyl halides is 3. The Morgan fingerprint density at radius 3 is 2.48 bits per heavy atom. The predicted molar refractivity (Wildman–Crippen MR) is 90.7 cm³/mol. The van der Waals surface area contributed by atoms with Crippen molar-refractivity contribution >= 4 is 35.4 Å². The van der Waals surface area contributed by atoms with Gasteiger partial charge in [-0.05, 0) is 31.2 Å². The van der Waals surface area contributed by atoms with E-state index in [-0.39, 0.29) is 23.1 Å². The van der Waals surface area contributed by atoms with E-state index in [2.05, 4.69) is 22.4 Å². The van der Waals surface area contributed by atoms with Crippen LogP contribution in [0.15, 0.2) is 23.3 Å². The maximum Gasteiger partial charge on any atom is 0.416 e. The topological polar surface area (TPSA) is 27.6 Å². The standard InChI is InChI=1S/C15H19ClF3N3.ClH/c1-2-7-22-8-5-12(6-9-22)20-21-14-10-11(15(17,18)19)3-4-13(14)16;/h3-4,10,21H,2,5-9H2,1H3;1H. The highest BCUT2D eigenvalue weighted by Crippen LogP contribution is 2.33. The Labute approximate surface area is 145 Å². The van der Waals surface area contributed by atoms with E-state index in [1.165, 1.54) is 6.07 Å². The van der Waals surface area contributed by atoms with E-state index in [4.69, 9.17) is 11.6 Å². The molecule has 0 bridgehead atoms. The molecule has 0 amide bonds. The monoisotopic (exact) mass is 369 g/mol. The van der Waals surface area contributed by atoms with Crippen molar-refractivity contribution < 1.29 is 13.2 Å². The molecule has 8 heteroatoms. The zero-order chi connectivity index (χ0) is 16.2. The van der Waals surface area contributed by atoms with Crippen LogP contribution in [0.2, 0.25) is 5.02 Å². The van der Waals surface area contributed by atoms with E-state index in [1.54, 1.807) is 0 Å². The van der Waals surface area contributed by atoms with Gasteiger partial charge in [0.25, 0.3) is 0 Å². The molecule has 1 heterocycles. The molecule has 3 nitrogen and oxygen atoms in total. The van der Waals surface area contributed by atoms with Crippen molar-refractivity contribution in [3.8, 4) is 0 Å². The molecule has 0 radical (unpaired) electrons. The van der Waals surface area contributed by atoms with Crippen LogP contribution in [0, 0.1) is 0 Å². The summed E-state index contributed by atoms with van der Waals surface area (Å²) in [6.07, 6.45) is -1.63. The van der Waals surface area contributed by atoms with Gasteiger partial charge in [-0.1, -0.05) is 18.5 Å². The maximum absolute atomic E-state index is 12.7. The van der Waals surface area contributed by atoms with E-state index in [9.17, 15) is 13.2 Å². The molecular formula is C15H20Cl2F3N3. The fraction of sp³-hybridized carbons (Fsp3) is 0.533. The quantitative estimate of drug-likeness (QED) is 0.751. The molecule has 0 unspecified atom stereocenters. The first-order valence-corrected chi connectivity index (χ1v) is 7.68. The lowest BCUT2D eigenvalue weighted by Gasteiger charge is -2.26. The summed E-state index contributed by atoms with van der Waals surface area (Å²) in [7, 11) is 0. The summed E-state index contributed by atoms with van der Waals surface area (Å²) in [5.74, 6) is 0. The van der Waals surface area contributed by atoms with E-state index >= 15 is 0 Å². The van der Waals surface area contributed by atoms with Crippen LogP contribution in [-0.2, 0) is 6.18 Å². The largest absolute Gasteiger partial charge is 0.416 e. The van der Waals surface area contributed by atoms with Crippen LogP contribution < -0.4 is 5.43 Å². The number of benzene rings is 1. The zero-order valence-corrected chi connectivity index (χ0v) is 14.4. The number of rotatable bonds is 4. The molecule has 0 saturated carbocycles. The highest BCUT2D eigenvalue weighted by atomic mass is 35.5. The number of hydrogen-bond acceptors (Lipinski definition) is 3. The lowest BCUT2D eigenvalue weighted by Crippen LogP contribution is -2.34. The molecule has 0 spiro atoms. The summed E-state index contributed by atoms with van der Waals surface area (Å²) >= 11 is 5.92. The van der Waals surface area contributed by atoms with Crippen LogP contribution in [0.4, 0.5) is 18.9 Å². The SMILES string of the molecule is CCCN1CCC(=NNc2cc(C(F)(F)F)ccc2Cl)CC1.Cl. The van der Waals surface area contributed by atoms with E-state index in [1.807, 2.05) is 0 Å². The van der Waals surface area contributed by atoms with Gasteiger partial charge in [0.1, 0.15) is 0 Å². The van der Waals surface area contributed by atoms with E-state index < -0.39 is 11.7 Å². The van der Waals surface area contributed by atoms with Crippen molar-refractivity contribution in [3.63, 3.8) is 0 Å². The molecule has 0 aromatic heterocycles. The average molecular weight is 370 g/mol. The van der Waals surface area contributed by atoms with Crippen LogP contribution in [0.1, 0.15) is 31.7 Å². The van der Waals surface area contributed by atoms with Gasteiger partial charge in [-0.25, -0.2) is 0 Å². The average Bonchev–Trinajstić information content (AvgIpc) is 2.47. The van der Waals surface area contributed by atoms with E-state index in [0.29, 0.717) is 0 Å². The number of hydrogen-bond donors (Lipinski definition) is 1. The second-order valence-electron chi connectivity index (χ2n) is 5.32. The smallest absolute Gasteiger partial charge is 0.303 e. The molecule has 0 atom stereocenters. The van der Waals surface area contributed by atoms with Gasteiger partial charge < -0.3 is 4.90 Å². The molecule has 1 saturated heterocycles. The lowest BCUT2D eigenvalue weighted by atomic mass is 10.1. The lowest BCUT2D eigenvalue weighted by molar-refractivity contribution is -0.137. The molecule has 130 valence electrons. The highest BCUT2D eigenvalue weighted by Gasteiger charge is 2.31. The van der Waals surface area contributed by atoms with Gasteiger partial charge in [0, 0.05) is 31.6 Å². The van der Waals surface area contributed by atoms with Crippen molar-refractivity contribution in [2.45, 2.75) is 32.4 Å². The third-order valence-corrected chi connectivity index (χ3v) is 3.93. The van der Waals surface area contributed by atoms with Gasteiger partial charge in [0.05, 0.1) is 16.3 Å². The first kappa shape index (κ1) is 20.1. The summed E-state index contributed by atoms with van der Waals surface area (Å²) in [4.78, 5) is 2.36. The van der Waals surface area contributed by atoms with Crippen molar-refractivity contribution in [1.82, 2.24) is 4.90 Å². The summed E-state index contributed by atoms with van der Waals surface area (Å²) in [6.45, 7) is 5.08. The van der Waals surface area contributed by atoms with Crippen LogP contribution in [0.25, 0.3) is 0 Å². The first-order chi connectivity index (χ1) is 10.4. The Kier molecular flexibility index (Phi) is 7.64. The van der Waals surface area contributed by atoms with Crippen molar-refractivity contribution in [1.29, 1.82) is 0 Å². The minimum absolute atomic E-state index is 0. The first-order valence-electron chi connectivity index (χ1n) is 7.30. The van der Waals surface area contributed by atoms with Gasteiger partial charge in [-0.15, -0.1) is 12.4 Å². The molecule has 1 aromatic carbocycles. The third-order valence-electron chi connectivity index (χ3n) is 3.60. The molecular weight excluding hydrogens is 350 g/mol. The van der Waals surface area contributed by atoms with Gasteiger partial charge in [0.2, 0.25) is 0 Å². The molecule has 1 aliphatic rings. The van der Waals surface area contributed by atoms with Crippen LogP contribution >= 0.6 is 24.0 Å². The molecule has 1 N–H and O–H groups in total. The van der Waals surface area contributed by atoms with Crippen LogP contribution in [0.3, 0.4) is 0 Å². The number of piperidine rings is 1. The van der Waals surface area contributed by atoms with E-state index in [0.717, 1.165) is 56.7 Å². The summed E-state index contributed by atoms with van der Waals surface area (Å²) in [6, 6.07) is 3.18. The maximum atomic E-state index is 12.7. The molecule has 1 aromatic rings. The molecule has 2 rings (SSSR count). The van der Waals surface area contributed by atoms with Crippen molar-refractivity contribution in [2.24, 2.45) is 5.10 Å². The second-order valence-corrected chi connectivity index (χ2v) is 5.73. The fourth-order valence-electron chi connectivity index (χ4n) is 2.39. The van der Waals surface area contributed by atoms with Crippen LogP contribution in [-0.4, -0.2) is 30.2 Å². The predicted octanol–water partition coefficient (Wildman–Crippen LogP) is 5.05. The van der Waals surface area contributed by atoms with Gasteiger partial charge in [-0.2, -0.15) is 18.3 Å². The van der Waals surface area contributed by atoms with Gasteiger partial charge >= 0.3 is 6.18 Å². The van der Waals surface area contributed by atoms with Crippen molar-refractivity contribution in [3.05, 3.63) is 28.8 Å². The normalized spacial score (nSPS) is 16.0. The second kappa shape index (κ2) is 8.76. The van der Waals surface area contributed by atoms with Crippen LogP contribution in [0.5, 0.6) is 0 Å². The Morgan fingerprint density at radius 2 is 1.91 bits per heavy atom. The number of nitrogens with zero attached hydrogens (tertiary/aromatic N) is 2. The third kappa shape index (κ3) is 5.86. The Hall–Kier alpha value is -0.980. The number of nitrogens with one attached hydrogen (secondary N) is 1. The summed E-state index contributed by atoms with van der Waals surface area (Å²) < 4.78 is 38.1. The van der Waals surface area contributed by atoms with Gasteiger partial charge in [-0.3, -0.25) is 5.43 Å². The summed E-state index contributed by atoms with van der Waals surface area (Å²) in [5, 5.41) is 4.44. The Morgan fingerprint density at radius 1 is 1.26 bits per heavy atom. The highest BCUT2D eigenvalue weighted by molar-refractivity contribution is 6.33. The number of anilines is 1. The number of halogens is 5. The molecule has 23 heavy (non-hydrogen) atoms. The Bertz CT molecular complexity index is 537. The molecule has 1 aliphatic heterocycles. The minimum Gasteiger partial charge on any atom is -0.303 e. The zero-order valence-electron chi connectivity index (χ0n) is 12.8. The van der Waals surface area contributed by atoms with Crippen molar-refractivity contribution in [2.75, 3.05) is 25.1 Å². The molecule has 1 fully saturated rings. The number of likely N-dealkylation sites (tertiary alicyclic amines) is 1. The van der Waals surface area contributed by atoms with Gasteiger partial charge in [0.15, 0.2) is 0 Å².